The van der Waals surface area contributed by atoms with Crippen LogP contribution in [0, 0.1) is 5.92 Å². The van der Waals surface area contributed by atoms with E-state index < -0.39 is 0 Å². The van der Waals surface area contributed by atoms with Crippen LogP contribution < -0.4 is 5.32 Å². The molecular formula is C15H28N2O2. The minimum absolute atomic E-state index is 0.0336. The van der Waals surface area contributed by atoms with Crippen LogP contribution in [-0.2, 0) is 9.53 Å². The van der Waals surface area contributed by atoms with Crippen LogP contribution in [-0.4, -0.2) is 42.3 Å². The zero-order chi connectivity index (χ0) is 13.8. The molecule has 2 saturated heterocycles. The van der Waals surface area contributed by atoms with E-state index in [9.17, 15) is 4.79 Å². The zero-order valence-electron chi connectivity index (χ0n) is 12.5. The molecule has 1 amide bonds. The average Bonchev–Trinajstić information content (AvgIpc) is 3.00. The van der Waals surface area contributed by atoms with Gasteiger partial charge in [0, 0.05) is 18.6 Å². The highest BCUT2D eigenvalue weighted by Gasteiger charge is 2.42. The van der Waals surface area contributed by atoms with Crippen molar-refractivity contribution < 1.29 is 9.53 Å². The Labute approximate surface area is 116 Å². The molecule has 110 valence electrons. The predicted octanol–water partition coefficient (Wildman–Crippen LogP) is 2.14. The Hall–Kier alpha value is -0.610. The molecule has 0 aromatic carbocycles. The van der Waals surface area contributed by atoms with Crippen LogP contribution in [0.1, 0.15) is 52.9 Å². The SMILES string of the molecule is CCCC1NC(CCC)N(C(C)C2CCOC2)C1=O. The first kappa shape index (κ1) is 14.8. The molecule has 1 N–H and O–H groups in total. The van der Waals surface area contributed by atoms with Gasteiger partial charge in [0.2, 0.25) is 5.91 Å². The first-order valence-electron chi connectivity index (χ1n) is 7.85. The molecule has 0 radical (unpaired) electrons. The molecule has 0 aromatic heterocycles. The third-order valence-electron chi connectivity index (χ3n) is 4.51. The van der Waals surface area contributed by atoms with Crippen molar-refractivity contribution in [3.05, 3.63) is 0 Å². The fourth-order valence-electron chi connectivity index (χ4n) is 3.35. The number of hydrogen-bond donors (Lipinski definition) is 1. The van der Waals surface area contributed by atoms with Crippen LogP contribution in [0.25, 0.3) is 0 Å². The van der Waals surface area contributed by atoms with Crippen LogP contribution in [0.15, 0.2) is 0 Å². The molecule has 4 atom stereocenters. The average molecular weight is 268 g/mol. The minimum Gasteiger partial charge on any atom is -0.381 e. The van der Waals surface area contributed by atoms with E-state index in [1.165, 1.54) is 0 Å². The van der Waals surface area contributed by atoms with Gasteiger partial charge in [0.05, 0.1) is 18.8 Å². The van der Waals surface area contributed by atoms with E-state index in [1.807, 2.05) is 0 Å². The summed E-state index contributed by atoms with van der Waals surface area (Å²) in [7, 11) is 0. The summed E-state index contributed by atoms with van der Waals surface area (Å²) in [5.41, 5.74) is 0. The topological polar surface area (TPSA) is 41.6 Å². The van der Waals surface area contributed by atoms with E-state index in [1.54, 1.807) is 0 Å². The quantitative estimate of drug-likeness (QED) is 0.802. The van der Waals surface area contributed by atoms with Crippen molar-refractivity contribution in [2.75, 3.05) is 13.2 Å². The van der Waals surface area contributed by atoms with Crippen LogP contribution >= 0.6 is 0 Å². The van der Waals surface area contributed by atoms with Gasteiger partial charge in [0.15, 0.2) is 0 Å². The van der Waals surface area contributed by atoms with Gasteiger partial charge in [-0.3, -0.25) is 10.1 Å². The molecule has 0 aliphatic carbocycles. The monoisotopic (exact) mass is 268 g/mol. The van der Waals surface area contributed by atoms with Crippen molar-refractivity contribution in [2.45, 2.75) is 71.1 Å². The number of amides is 1. The number of carbonyl (C=O) groups excluding carboxylic acids is 1. The number of nitrogens with one attached hydrogen (secondary N) is 1. The van der Waals surface area contributed by atoms with Crippen molar-refractivity contribution in [3.8, 4) is 0 Å². The molecule has 4 unspecified atom stereocenters. The highest BCUT2D eigenvalue weighted by atomic mass is 16.5. The highest BCUT2D eigenvalue weighted by Crippen LogP contribution is 2.27. The lowest BCUT2D eigenvalue weighted by Gasteiger charge is -2.33. The fraction of sp³-hybridized carbons (Fsp3) is 0.933. The van der Waals surface area contributed by atoms with E-state index >= 15 is 0 Å². The molecule has 19 heavy (non-hydrogen) atoms. The van der Waals surface area contributed by atoms with Gasteiger partial charge in [-0.1, -0.05) is 26.7 Å². The Bertz CT molecular complexity index is 303. The largest absolute Gasteiger partial charge is 0.381 e. The van der Waals surface area contributed by atoms with Gasteiger partial charge in [0.25, 0.3) is 0 Å². The first-order chi connectivity index (χ1) is 9.19. The second-order valence-electron chi connectivity index (χ2n) is 5.92. The summed E-state index contributed by atoms with van der Waals surface area (Å²) in [6.45, 7) is 8.17. The van der Waals surface area contributed by atoms with Crippen molar-refractivity contribution in [1.82, 2.24) is 10.2 Å². The summed E-state index contributed by atoms with van der Waals surface area (Å²) >= 11 is 0. The normalized spacial score (nSPS) is 33.1. The van der Waals surface area contributed by atoms with Crippen molar-refractivity contribution in [3.63, 3.8) is 0 Å². The molecule has 0 aromatic rings. The second-order valence-corrected chi connectivity index (χ2v) is 5.92. The predicted molar refractivity (Wildman–Crippen MR) is 75.8 cm³/mol. The Morgan fingerprint density at radius 2 is 2.11 bits per heavy atom. The lowest BCUT2D eigenvalue weighted by molar-refractivity contribution is -0.133. The van der Waals surface area contributed by atoms with E-state index in [2.05, 4.69) is 31.0 Å². The van der Waals surface area contributed by atoms with Gasteiger partial charge >= 0.3 is 0 Å². The third kappa shape index (κ3) is 3.11. The maximum Gasteiger partial charge on any atom is 0.241 e. The van der Waals surface area contributed by atoms with Crippen molar-refractivity contribution in [2.24, 2.45) is 5.92 Å². The fourth-order valence-corrected chi connectivity index (χ4v) is 3.35. The van der Waals surface area contributed by atoms with E-state index in [0.29, 0.717) is 17.9 Å². The molecular weight excluding hydrogens is 240 g/mol. The van der Waals surface area contributed by atoms with Gasteiger partial charge in [-0.25, -0.2) is 0 Å². The lowest BCUT2D eigenvalue weighted by atomic mass is 9.98. The Morgan fingerprint density at radius 3 is 2.68 bits per heavy atom. The van der Waals surface area contributed by atoms with E-state index in [-0.39, 0.29) is 12.2 Å². The Balaban J connectivity index is 2.07. The molecule has 2 aliphatic heterocycles. The number of carbonyl (C=O) groups is 1. The van der Waals surface area contributed by atoms with Crippen molar-refractivity contribution >= 4 is 5.91 Å². The number of ether oxygens (including phenoxy) is 1. The summed E-state index contributed by atoms with van der Waals surface area (Å²) in [4.78, 5) is 14.7. The van der Waals surface area contributed by atoms with Crippen LogP contribution in [0.5, 0.6) is 0 Å². The smallest absolute Gasteiger partial charge is 0.241 e. The second kappa shape index (κ2) is 6.71. The molecule has 4 nitrogen and oxygen atoms in total. The number of hydrogen-bond acceptors (Lipinski definition) is 3. The van der Waals surface area contributed by atoms with Gasteiger partial charge < -0.3 is 9.64 Å². The summed E-state index contributed by atoms with van der Waals surface area (Å²) in [5, 5.41) is 3.53. The molecule has 2 rings (SSSR count). The standard InChI is InChI=1S/C15H28N2O2/c1-4-6-13-15(18)17(14(16-13)7-5-2)11(3)12-8-9-19-10-12/h11-14,16H,4-10H2,1-3H3. The molecule has 0 spiro atoms. The lowest BCUT2D eigenvalue weighted by Crippen LogP contribution is -2.46. The van der Waals surface area contributed by atoms with Gasteiger partial charge in [-0.05, 0) is 26.2 Å². The van der Waals surface area contributed by atoms with Crippen molar-refractivity contribution in [1.29, 1.82) is 0 Å². The number of nitrogens with zero attached hydrogens (tertiary/aromatic N) is 1. The Morgan fingerprint density at radius 1 is 1.37 bits per heavy atom. The molecule has 2 aliphatic rings. The molecule has 4 heteroatoms. The minimum atomic E-state index is 0.0336. The van der Waals surface area contributed by atoms with Gasteiger partial charge in [-0.15, -0.1) is 0 Å². The maximum atomic E-state index is 12.6. The summed E-state index contributed by atoms with van der Waals surface area (Å²) in [6.07, 6.45) is 5.46. The van der Waals surface area contributed by atoms with E-state index in [0.717, 1.165) is 45.3 Å². The van der Waals surface area contributed by atoms with Gasteiger partial charge in [-0.2, -0.15) is 0 Å². The van der Waals surface area contributed by atoms with Gasteiger partial charge in [0.1, 0.15) is 0 Å². The van der Waals surface area contributed by atoms with Crippen LogP contribution in [0.2, 0.25) is 0 Å². The third-order valence-corrected chi connectivity index (χ3v) is 4.51. The molecule has 0 saturated carbocycles. The first-order valence-corrected chi connectivity index (χ1v) is 7.85. The molecule has 2 fully saturated rings. The summed E-state index contributed by atoms with van der Waals surface area (Å²) in [6, 6.07) is 0.326. The zero-order valence-corrected chi connectivity index (χ0v) is 12.5. The van der Waals surface area contributed by atoms with Crippen LogP contribution in [0.4, 0.5) is 0 Å². The summed E-state index contributed by atoms with van der Waals surface area (Å²) in [5.74, 6) is 0.810. The van der Waals surface area contributed by atoms with Crippen LogP contribution in [0.3, 0.4) is 0 Å². The van der Waals surface area contributed by atoms with E-state index in [4.69, 9.17) is 4.74 Å². The highest BCUT2D eigenvalue weighted by molar-refractivity contribution is 5.84. The Kier molecular flexibility index (Phi) is 5.22. The summed E-state index contributed by atoms with van der Waals surface area (Å²) < 4.78 is 5.48. The maximum absolute atomic E-state index is 12.6. The molecule has 2 heterocycles. The molecule has 0 bridgehead atoms. The number of rotatable bonds is 6.